The third kappa shape index (κ3) is 3.71. The molecule has 1 aliphatic rings. The molecule has 1 saturated heterocycles. The van der Waals surface area contributed by atoms with Crippen molar-refractivity contribution in [3.63, 3.8) is 0 Å². The lowest BCUT2D eigenvalue weighted by Gasteiger charge is -2.27. The topological polar surface area (TPSA) is 76.1 Å². The zero-order valence-corrected chi connectivity index (χ0v) is 18.3. The van der Waals surface area contributed by atoms with Gasteiger partial charge in [0.1, 0.15) is 28.6 Å². The van der Waals surface area contributed by atoms with Crippen LogP contribution in [0.1, 0.15) is 22.7 Å². The SMILES string of the molecule is COc1cccc(OC)c1/C(O)=C1\C(=O)C(=O)N(c2cccc(F)c2)C1c1ccccc1C. The van der Waals surface area contributed by atoms with Crippen LogP contribution in [0.15, 0.2) is 72.3 Å². The van der Waals surface area contributed by atoms with Gasteiger partial charge in [0.05, 0.1) is 25.8 Å². The molecule has 1 unspecified atom stereocenters. The highest BCUT2D eigenvalue weighted by Gasteiger charge is 2.48. The van der Waals surface area contributed by atoms with Crippen LogP contribution in [0.5, 0.6) is 11.5 Å². The number of carbonyl (C=O) groups excluding carboxylic acids is 2. The molecular formula is C26H22FNO5. The summed E-state index contributed by atoms with van der Waals surface area (Å²) in [6.07, 6.45) is 0. The number of methoxy groups -OCH3 is 2. The predicted octanol–water partition coefficient (Wildman–Crippen LogP) is 4.78. The quantitative estimate of drug-likeness (QED) is 0.346. The zero-order valence-electron chi connectivity index (χ0n) is 18.3. The average Bonchev–Trinajstić information content (AvgIpc) is 3.08. The maximum atomic E-state index is 14.1. The van der Waals surface area contributed by atoms with Crippen LogP contribution in [-0.2, 0) is 9.59 Å². The smallest absolute Gasteiger partial charge is 0.300 e. The van der Waals surface area contributed by atoms with E-state index in [1.165, 1.54) is 37.3 Å². The molecule has 0 radical (unpaired) electrons. The van der Waals surface area contributed by atoms with Crippen molar-refractivity contribution in [3.8, 4) is 11.5 Å². The molecule has 0 aromatic heterocycles. The molecule has 33 heavy (non-hydrogen) atoms. The van der Waals surface area contributed by atoms with Crippen molar-refractivity contribution in [2.75, 3.05) is 19.1 Å². The maximum Gasteiger partial charge on any atom is 0.300 e. The van der Waals surface area contributed by atoms with Crippen LogP contribution in [0.25, 0.3) is 5.76 Å². The molecule has 1 N–H and O–H groups in total. The Kier molecular flexibility index (Phi) is 5.87. The fourth-order valence-corrected chi connectivity index (χ4v) is 4.13. The van der Waals surface area contributed by atoms with Crippen molar-refractivity contribution in [1.29, 1.82) is 0 Å². The van der Waals surface area contributed by atoms with E-state index in [4.69, 9.17) is 9.47 Å². The summed E-state index contributed by atoms with van der Waals surface area (Å²) in [5.74, 6) is -2.21. The van der Waals surface area contributed by atoms with Crippen molar-refractivity contribution < 1.29 is 28.6 Å². The Morgan fingerprint density at radius 1 is 0.939 bits per heavy atom. The Labute approximate surface area is 190 Å². The lowest BCUT2D eigenvalue weighted by molar-refractivity contribution is -0.132. The Hall–Kier alpha value is -4.13. The number of rotatable bonds is 5. The number of Topliss-reactive ketones (excluding diaryl/α,β-unsaturated/α-hetero) is 1. The number of ether oxygens (including phenoxy) is 2. The normalized spacial score (nSPS) is 17.3. The number of ketones is 1. The van der Waals surface area contributed by atoms with Gasteiger partial charge in [-0.1, -0.05) is 36.4 Å². The molecular weight excluding hydrogens is 425 g/mol. The summed E-state index contributed by atoms with van der Waals surface area (Å²) in [6, 6.07) is 16.6. The van der Waals surface area contributed by atoms with Crippen LogP contribution in [0.3, 0.4) is 0 Å². The largest absolute Gasteiger partial charge is 0.506 e. The first-order valence-electron chi connectivity index (χ1n) is 10.2. The number of hydrogen-bond donors (Lipinski definition) is 1. The van der Waals surface area contributed by atoms with Gasteiger partial charge in [-0.3, -0.25) is 14.5 Å². The van der Waals surface area contributed by atoms with E-state index >= 15 is 0 Å². The highest BCUT2D eigenvalue weighted by atomic mass is 19.1. The lowest BCUT2D eigenvalue weighted by Crippen LogP contribution is -2.29. The number of aliphatic hydroxyl groups is 1. The lowest BCUT2D eigenvalue weighted by atomic mass is 9.92. The first-order valence-corrected chi connectivity index (χ1v) is 10.2. The summed E-state index contributed by atoms with van der Waals surface area (Å²) in [7, 11) is 2.85. The molecule has 4 rings (SSSR count). The molecule has 1 atom stereocenters. The second-order valence-electron chi connectivity index (χ2n) is 7.54. The Balaban J connectivity index is 2.04. The minimum Gasteiger partial charge on any atom is -0.506 e. The summed E-state index contributed by atoms with van der Waals surface area (Å²) in [6.45, 7) is 1.84. The van der Waals surface area contributed by atoms with E-state index in [0.29, 0.717) is 5.56 Å². The molecule has 1 aliphatic heterocycles. The van der Waals surface area contributed by atoms with Gasteiger partial charge in [-0.2, -0.15) is 0 Å². The number of carbonyl (C=O) groups is 2. The summed E-state index contributed by atoms with van der Waals surface area (Å²) in [4.78, 5) is 27.7. The van der Waals surface area contributed by atoms with E-state index in [1.54, 1.807) is 36.4 Å². The molecule has 3 aromatic carbocycles. The van der Waals surface area contributed by atoms with Crippen molar-refractivity contribution in [1.82, 2.24) is 0 Å². The van der Waals surface area contributed by atoms with E-state index in [1.807, 2.05) is 19.1 Å². The number of amides is 1. The molecule has 7 heteroatoms. The molecule has 0 aliphatic carbocycles. The third-order valence-electron chi connectivity index (χ3n) is 5.68. The van der Waals surface area contributed by atoms with Gasteiger partial charge >= 0.3 is 0 Å². The molecule has 168 valence electrons. The van der Waals surface area contributed by atoms with Crippen molar-refractivity contribution in [2.24, 2.45) is 0 Å². The number of aliphatic hydroxyl groups excluding tert-OH is 1. The van der Waals surface area contributed by atoms with Crippen LogP contribution in [0, 0.1) is 12.7 Å². The van der Waals surface area contributed by atoms with Gasteiger partial charge in [0.2, 0.25) is 0 Å². The maximum absolute atomic E-state index is 14.1. The average molecular weight is 447 g/mol. The van der Waals surface area contributed by atoms with Gasteiger partial charge in [-0.25, -0.2) is 4.39 Å². The number of hydrogen-bond acceptors (Lipinski definition) is 5. The van der Waals surface area contributed by atoms with Gasteiger partial charge < -0.3 is 14.6 Å². The molecule has 1 amide bonds. The minimum atomic E-state index is -0.984. The van der Waals surface area contributed by atoms with Gasteiger partial charge in [0.25, 0.3) is 11.7 Å². The van der Waals surface area contributed by atoms with Gasteiger partial charge in [0.15, 0.2) is 0 Å². The molecule has 0 bridgehead atoms. The van der Waals surface area contributed by atoms with Gasteiger partial charge in [0, 0.05) is 5.69 Å². The first-order chi connectivity index (χ1) is 15.9. The minimum absolute atomic E-state index is 0.138. The van der Waals surface area contributed by atoms with Gasteiger partial charge in [-0.05, 0) is 48.4 Å². The summed E-state index contributed by atoms with van der Waals surface area (Å²) < 4.78 is 24.8. The fraction of sp³-hybridized carbons (Fsp3) is 0.154. The summed E-state index contributed by atoms with van der Waals surface area (Å²) >= 11 is 0. The number of benzene rings is 3. The Bertz CT molecular complexity index is 1260. The number of anilines is 1. The monoisotopic (exact) mass is 447 g/mol. The molecule has 3 aromatic rings. The van der Waals surface area contributed by atoms with E-state index in [0.717, 1.165) is 5.56 Å². The summed E-state index contributed by atoms with van der Waals surface area (Å²) in [5, 5.41) is 11.4. The van der Waals surface area contributed by atoms with Crippen molar-refractivity contribution in [3.05, 3.63) is 94.8 Å². The van der Waals surface area contributed by atoms with Crippen LogP contribution < -0.4 is 14.4 Å². The summed E-state index contributed by atoms with van der Waals surface area (Å²) in [5.41, 5.74) is 1.64. The Morgan fingerprint density at radius 3 is 2.18 bits per heavy atom. The van der Waals surface area contributed by atoms with Crippen LogP contribution in [0.2, 0.25) is 0 Å². The fourth-order valence-electron chi connectivity index (χ4n) is 4.13. The number of nitrogens with zero attached hydrogens (tertiary/aromatic N) is 1. The van der Waals surface area contributed by atoms with E-state index < -0.39 is 29.3 Å². The van der Waals surface area contributed by atoms with Gasteiger partial charge in [-0.15, -0.1) is 0 Å². The van der Waals surface area contributed by atoms with Crippen molar-refractivity contribution >= 4 is 23.1 Å². The van der Waals surface area contributed by atoms with Crippen LogP contribution in [0.4, 0.5) is 10.1 Å². The second kappa shape index (κ2) is 8.78. The van der Waals surface area contributed by atoms with Crippen molar-refractivity contribution in [2.45, 2.75) is 13.0 Å². The predicted molar refractivity (Wildman–Crippen MR) is 122 cm³/mol. The highest BCUT2D eigenvalue weighted by Crippen LogP contribution is 2.45. The molecule has 6 nitrogen and oxygen atoms in total. The number of aryl methyl sites for hydroxylation is 1. The second-order valence-corrected chi connectivity index (χ2v) is 7.54. The van der Waals surface area contributed by atoms with Crippen LogP contribution in [-0.4, -0.2) is 31.0 Å². The molecule has 1 fully saturated rings. The zero-order chi connectivity index (χ0) is 23.7. The first kappa shape index (κ1) is 22.1. The molecule has 0 spiro atoms. The van der Waals surface area contributed by atoms with E-state index in [2.05, 4.69) is 0 Å². The standard InChI is InChI=1S/C26H22FNO5/c1-15-8-4-5-11-18(15)23-22(24(29)21-19(32-2)12-7-13-20(21)33-3)25(30)26(31)28(23)17-10-6-9-16(27)14-17/h4-14,23,29H,1-3H3/b24-22+. The Morgan fingerprint density at radius 2 is 1.58 bits per heavy atom. The molecule has 0 saturated carbocycles. The third-order valence-corrected chi connectivity index (χ3v) is 5.68. The molecule has 1 heterocycles. The van der Waals surface area contributed by atoms with E-state index in [-0.39, 0.29) is 28.3 Å². The number of halogens is 1. The van der Waals surface area contributed by atoms with E-state index in [9.17, 15) is 19.1 Å². The van der Waals surface area contributed by atoms with Crippen LogP contribution >= 0.6 is 0 Å². The highest BCUT2D eigenvalue weighted by molar-refractivity contribution is 6.51.